The van der Waals surface area contributed by atoms with Gasteiger partial charge in [-0.05, 0) is 50.7 Å². The first-order valence-electron chi connectivity index (χ1n) is 8.87. The van der Waals surface area contributed by atoms with Crippen LogP contribution in [0.4, 0.5) is 0 Å². The lowest BCUT2D eigenvalue weighted by Gasteiger charge is -2.09. The fourth-order valence-corrected chi connectivity index (χ4v) is 3.17. The molecule has 0 fully saturated rings. The summed E-state index contributed by atoms with van der Waals surface area (Å²) in [6, 6.07) is 3.55. The molecule has 0 spiro atoms. The summed E-state index contributed by atoms with van der Waals surface area (Å²) in [6.07, 6.45) is 6.70. The Balaban J connectivity index is 1.37. The second-order valence-corrected chi connectivity index (χ2v) is 6.58. The van der Waals surface area contributed by atoms with Gasteiger partial charge in [0, 0.05) is 29.9 Å². The van der Waals surface area contributed by atoms with Crippen LogP contribution in [0, 0.1) is 11.8 Å². The minimum absolute atomic E-state index is 0.0917. The molecule has 0 radical (unpaired) electrons. The molecule has 0 aliphatic heterocycles. The van der Waals surface area contributed by atoms with E-state index in [1.54, 1.807) is 12.3 Å². The van der Waals surface area contributed by atoms with Gasteiger partial charge in [-0.2, -0.15) is 5.10 Å². The van der Waals surface area contributed by atoms with Gasteiger partial charge in [0.15, 0.2) is 11.5 Å². The van der Waals surface area contributed by atoms with Crippen LogP contribution in [0.2, 0.25) is 0 Å². The Kier molecular flexibility index (Phi) is 4.40. The number of aromatic nitrogens is 5. The van der Waals surface area contributed by atoms with E-state index in [1.165, 1.54) is 24.1 Å². The number of H-pyrrole nitrogens is 2. The van der Waals surface area contributed by atoms with Crippen molar-refractivity contribution in [3.05, 3.63) is 41.1 Å². The van der Waals surface area contributed by atoms with Gasteiger partial charge in [0.05, 0.1) is 5.52 Å². The Morgan fingerprint density at radius 3 is 3.15 bits per heavy atom. The van der Waals surface area contributed by atoms with Gasteiger partial charge in [0.1, 0.15) is 5.69 Å². The number of pyridine rings is 1. The molecule has 3 N–H and O–H groups in total. The summed E-state index contributed by atoms with van der Waals surface area (Å²) >= 11 is 0. The fourth-order valence-electron chi connectivity index (χ4n) is 3.17. The summed E-state index contributed by atoms with van der Waals surface area (Å²) in [7, 11) is 0. The third-order valence-corrected chi connectivity index (χ3v) is 4.52. The molecule has 132 valence electrons. The highest BCUT2D eigenvalue weighted by Gasteiger charge is 2.16. The van der Waals surface area contributed by atoms with Gasteiger partial charge in [0.25, 0.3) is 5.91 Å². The van der Waals surface area contributed by atoms with Gasteiger partial charge in [-0.1, -0.05) is 5.92 Å². The van der Waals surface area contributed by atoms with Gasteiger partial charge < -0.3 is 10.3 Å². The molecule has 0 bridgehead atoms. The highest BCUT2D eigenvalue weighted by atomic mass is 16.2. The monoisotopic (exact) mass is 348 g/mol. The molecule has 3 heterocycles. The molecular formula is C19H20N6O. The van der Waals surface area contributed by atoms with Gasteiger partial charge >= 0.3 is 0 Å². The second-order valence-electron chi connectivity index (χ2n) is 6.58. The van der Waals surface area contributed by atoms with E-state index < -0.39 is 0 Å². The standard InChI is InChI=1S/C19H20N6O/c1-12(6-4-9-15-13-7-2-3-8-14(13)24-25-15)21-19(26)18-22-16-10-5-11-20-17(16)23-18/h5,10-12H,2-3,6-8H2,1H3,(H,21,26)(H,24,25)(H,20,22,23)/t12-/m0/s1. The van der Waals surface area contributed by atoms with Crippen LogP contribution >= 0.6 is 0 Å². The maximum absolute atomic E-state index is 12.3. The number of imidazole rings is 1. The maximum atomic E-state index is 12.3. The molecule has 0 saturated heterocycles. The fraction of sp³-hybridized carbons (Fsp3) is 0.368. The van der Waals surface area contributed by atoms with E-state index in [1.807, 2.05) is 13.0 Å². The zero-order valence-electron chi connectivity index (χ0n) is 14.6. The van der Waals surface area contributed by atoms with Crippen molar-refractivity contribution in [3.63, 3.8) is 0 Å². The molecule has 1 amide bonds. The number of amides is 1. The number of rotatable bonds is 3. The average molecular weight is 348 g/mol. The zero-order chi connectivity index (χ0) is 17.9. The van der Waals surface area contributed by atoms with E-state index in [0.717, 1.165) is 24.1 Å². The average Bonchev–Trinajstić information content (AvgIpc) is 3.26. The lowest BCUT2D eigenvalue weighted by Crippen LogP contribution is -2.32. The van der Waals surface area contributed by atoms with Crippen LogP contribution in [0.25, 0.3) is 11.2 Å². The molecule has 7 nitrogen and oxygen atoms in total. The first-order chi connectivity index (χ1) is 12.7. The van der Waals surface area contributed by atoms with E-state index >= 15 is 0 Å². The number of fused-ring (bicyclic) bond motifs is 2. The lowest BCUT2D eigenvalue weighted by molar-refractivity contribution is 0.0931. The van der Waals surface area contributed by atoms with Crippen LogP contribution in [0.5, 0.6) is 0 Å². The minimum atomic E-state index is -0.255. The lowest BCUT2D eigenvalue weighted by atomic mass is 9.96. The van der Waals surface area contributed by atoms with Crippen LogP contribution in [0.15, 0.2) is 18.3 Å². The third kappa shape index (κ3) is 3.31. The second kappa shape index (κ2) is 7.00. The number of hydrogen-bond acceptors (Lipinski definition) is 4. The smallest absolute Gasteiger partial charge is 0.287 e. The number of aromatic amines is 2. The van der Waals surface area contributed by atoms with Crippen molar-refractivity contribution in [2.24, 2.45) is 0 Å². The minimum Gasteiger partial charge on any atom is -0.346 e. The molecule has 0 aromatic carbocycles. The van der Waals surface area contributed by atoms with Crippen LogP contribution in [-0.4, -0.2) is 37.1 Å². The van der Waals surface area contributed by atoms with Crippen molar-refractivity contribution < 1.29 is 4.79 Å². The molecule has 3 aromatic heterocycles. The van der Waals surface area contributed by atoms with Gasteiger partial charge in [-0.3, -0.25) is 9.89 Å². The number of nitrogens with one attached hydrogen (secondary N) is 3. The molecular weight excluding hydrogens is 328 g/mol. The normalized spacial score (nSPS) is 14.3. The van der Waals surface area contributed by atoms with Crippen molar-refractivity contribution in [1.29, 1.82) is 0 Å². The van der Waals surface area contributed by atoms with Crippen molar-refractivity contribution in [1.82, 2.24) is 30.5 Å². The highest BCUT2D eigenvalue weighted by molar-refractivity contribution is 5.93. The highest BCUT2D eigenvalue weighted by Crippen LogP contribution is 2.21. The predicted octanol–water partition coefficient (Wildman–Crippen LogP) is 2.12. The molecule has 4 rings (SSSR count). The SMILES string of the molecule is C[C@@H](CC#Cc1n[nH]c2c1CCCC2)NC(=O)c1nc2ncccc2[nH]1. The Hall–Kier alpha value is -3.14. The number of hydrogen-bond donors (Lipinski definition) is 3. The zero-order valence-corrected chi connectivity index (χ0v) is 14.6. The maximum Gasteiger partial charge on any atom is 0.287 e. The Labute approximate surface area is 151 Å². The Bertz CT molecular complexity index is 973. The van der Waals surface area contributed by atoms with Crippen LogP contribution in [-0.2, 0) is 12.8 Å². The summed E-state index contributed by atoms with van der Waals surface area (Å²) in [5.74, 6) is 6.28. The van der Waals surface area contributed by atoms with Crippen LogP contribution in [0.1, 0.15) is 53.8 Å². The van der Waals surface area contributed by atoms with E-state index in [9.17, 15) is 4.79 Å². The van der Waals surface area contributed by atoms with Crippen LogP contribution < -0.4 is 5.32 Å². The Morgan fingerprint density at radius 1 is 1.38 bits per heavy atom. The van der Waals surface area contributed by atoms with Crippen molar-refractivity contribution in [2.45, 2.75) is 45.1 Å². The molecule has 1 atom stereocenters. The van der Waals surface area contributed by atoms with Crippen LogP contribution in [0.3, 0.4) is 0 Å². The predicted molar refractivity (Wildman–Crippen MR) is 97.5 cm³/mol. The van der Waals surface area contributed by atoms with Crippen molar-refractivity contribution in [2.75, 3.05) is 0 Å². The van der Waals surface area contributed by atoms with Gasteiger partial charge in [0.2, 0.25) is 0 Å². The van der Waals surface area contributed by atoms with Gasteiger partial charge in [-0.25, -0.2) is 9.97 Å². The number of carbonyl (C=O) groups is 1. The summed E-state index contributed by atoms with van der Waals surface area (Å²) < 4.78 is 0. The summed E-state index contributed by atoms with van der Waals surface area (Å²) in [5.41, 5.74) is 4.61. The summed E-state index contributed by atoms with van der Waals surface area (Å²) in [4.78, 5) is 23.6. The summed E-state index contributed by atoms with van der Waals surface area (Å²) in [6.45, 7) is 1.92. The first-order valence-corrected chi connectivity index (χ1v) is 8.87. The topological polar surface area (TPSA) is 99.3 Å². The third-order valence-electron chi connectivity index (χ3n) is 4.52. The molecule has 0 unspecified atom stereocenters. The quantitative estimate of drug-likeness (QED) is 0.631. The van der Waals surface area contributed by atoms with Crippen molar-refractivity contribution >= 4 is 17.1 Å². The van der Waals surface area contributed by atoms with E-state index in [4.69, 9.17) is 0 Å². The van der Waals surface area contributed by atoms with E-state index in [0.29, 0.717) is 12.1 Å². The number of nitrogens with zero attached hydrogens (tertiary/aromatic N) is 3. The Morgan fingerprint density at radius 2 is 2.27 bits per heavy atom. The largest absolute Gasteiger partial charge is 0.346 e. The molecule has 0 saturated carbocycles. The summed E-state index contributed by atoms with van der Waals surface area (Å²) in [5, 5.41) is 10.3. The van der Waals surface area contributed by atoms with Gasteiger partial charge in [-0.15, -0.1) is 0 Å². The van der Waals surface area contributed by atoms with Crippen molar-refractivity contribution in [3.8, 4) is 11.8 Å². The first kappa shape index (κ1) is 16.3. The molecule has 26 heavy (non-hydrogen) atoms. The molecule has 1 aliphatic rings. The number of carbonyl (C=O) groups excluding carboxylic acids is 1. The molecule has 3 aromatic rings. The molecule has 7 heteroatoms. The van der Waals surface area contributed by atoms with E-state index in [2.05, 4.69) is 42.3 Å². The van der Waals surface area contributed by atoms with E-state index in [-0.39, 0.29) is 17.8 Å². The molecule has 1 aliphatic carbocycles. The number of aryl methyl sites for hydroxylation is 1.